The predicted octanol–water partition coefficient (Wildman–Crippen LogP) is 4.14. The van der Waals surface area contributed by atoms with Crippen molar-refractivity contribution in [3.05, 3.63) is 74.9 Å². The molecule has 26 heavy (non-hydrogen) atoms. The summed E-state index contributed by atoms with van der Waals surface area (Å²) >= 11 is 6.38. The van der Waals surface area contributed by atoms with Gasteiger partial charge in [0.15, 0.2) is 5.69 Å². The van der Waals surface area contributed by atoms with Crippen molar-refractivity contribution in [2.24, 2.45) is 0 Å². The van der Waals surface area contributed by atoms with Gasteiger partial charge >= 0.3 is 0 Å². The fourth-order valence-corrected chi connectivity index (χ4v) is 3.29. The Hall–Kier alpha value is -3.10. The third-order valence-electron chi connectivity index (χ3n) is 4.17. The third-order valence-corrected chi connectivity index (χ3v) is 4.46. The van der Waals surface area contributed by atoms with Crippen LogP contribution in [0.1, 0.15) is 38.3 Å². The van der Waals surface area contributed by atoms with E-state index < -0.39 is 0 Å². The van der Waals surface area contributed by atoms with Crippen molar-refractivity contribution >= 4 is 23.2 Å². The summed E-state index contributed by atoms with van der Waals surface area (Å²) in [5, 5.41) is 14.3. The Kier molecular flexibility index (Phi) is 4.54. The molecule has 0 bridgehead atoms. The maximum atomic E-state index is 12.8. The monoisotopic (exact) mass is 364 g/mol. The molecule has 6 heteroatoms. The Morgan fingerprint density at radius 3 is 2.38 bits per heavy atom. The van der Waals surface area contributed by atoms with Crippen LogP contribution >= 0.6 is 11.6 Å². The summed E-state index contributed by atoms with van der Waals surface area (Å²) in [7, 11) is 0. The number of hydrogen-bond acceptors (Lipinski definition) is 4. The van der Waals surface area contributed by atoms with Crippen LogP contribution in [0.15, 0.2) is 36.4 Å². The number of halogens is 1. The summed E-state index contributed by atoms with van der Waals surface area (Å²) < 4.78 is 1.37. The van der Waals surface area contributed by atoms with Gasteiger partial charge in [0.1, 0.15) is 17.5 Å². The van der Waals surface area contributed by atoms with Crippen molar-refractivity contribution in [1.29, 1.82) is 5.26 Å². The Morgan fingerprint density at radius 1 is 1.15 bits per heavy atom. The van der Waals surface area contributed by atoms with Crippen LogP contribution in [0.4, 0.5) is 5.82 Å². The van der Waals surface area contributed by atoms with Gasteiger partial charge in [0.05, 0.1) is 10.7 Å². The number of hydrogen-bond donors (Lipinski definition) is 1. The molecule has 1 aromatic heterocycles. The number of ketones is 1. The first-order valence-corrected chi connectivity index (χ1v) is 8.38. The average molecular weight is 365 g/mol. The standard InChI is InChI=1S/C20H17ClN4O/c1-11-4-6-14(7-5-11)19(26)17-15(10-22)20(23)25(24-17)18-13(3)8-12(2)9-16(18)21/h4-9H,23H2,1-3H3. The molecule has 3 rings (SSSR count). The molecule has 2 N–H and O–H groups in total. The number of rotatable bonds is 3. The molecule has 0 aliphatic carbocycles. The molecule has 3 aromatic rings. The van der Waals surface area contributed by atoms with Crippen LogP contribution in [0.25, 0.3) is 5.69 Å². The number of benzene rings is 2. The molecule has 0 amide bonds. The van der Waals surface area contributed by atoms with E-state index in [1.807, 2.05) is 45.0 Å². The van der Waals surface area contributed by atoms with Gasteiger partial charge in [-0.25, -0.2) is 4.68 Å². The van der Waals surface area contributed by atoms with Crippen molar-refractivity contribution in [1.82, 2.24) is 9.78 Å². The summed E-state index contributed by atoms with van der Waals surface area (Å²) in [4.78, 5) is 12.8. The molecule has 0 aliphatic heterocycles. The highest BCUT2D eigenvalue weighted by molar-refractivity contribution is 6.32. The number of carbonyl (C=O) groups is 1. The summed E-state index contributed by atoms with van der Waals surface area (Å²) in [6, 6.07) is 12.8. The maximum Gasteiger partial charge on any atom is 0.214 e. The van der Waals surface area contributed by atoms with Crippen molar-refractivity contribution in [3.8, 4) is 11.8 Å². The second-order valence-electron chi connectivity index (χ2n) is 6.24. The van der Waals surface area contributed by atoms with Crippen LogP contribution in [-0.2, 0) is 0 Å². The van der Waals surface area contributed by atoms with Gasteiger partial charge in [-0.05, 0) is 38.0 Å². The number of nitrogens with zero attached hydrogens (tertiary/aromatic N) is 3. The largest absolute Gasteiger partial charge is 0.382 e. The van der Waals surface area contributed by atoms with E-state index in [2.05, 4.69) is 5.10 Å². The lowest BCUT2D eigenvalue weighted by Crippen LogP contribution is -2.07. The Labute approximate surface area is 156 Å². The molecule has 0 saturated carbocycles. The molecule has 2 aromatic carbocycles. The molecule has 0 fully saturated rings. The first kappa shape index (κ1) is 17.7. The van der Waals surface area contributed by atoms with E-state index in [0.717, 1.165) is 16.7 Å². The third kappa shape index (κ3) is 2.96. The lowest BCUT2D eigenvalue weighted by Gasteiger charge is -2.11. The van der Waals surface area contributed by atoms with Crippen LogP contribution in [0.2, 0.25) is 5.02 Å². The molecule has 130 valence electrons. The smallest absolute Gasteiger partial charge is 0.214 e. The highest BCUT2D eigenvalue weighted by atomic mass is 35.5. The average Bonchev–Trinajstić information content (AvgIpc) is 2.90. The molecule has 0 spiro atoms. The SMILES string of the molecule is Cc1ccc(C(=O)c2nn(-c3c(C)cc(C)cc3Cl)c(N)c2C#N)cc1. The second kappa shape index (κ2) is 6.66. The van der Waals surface area contributed by atoms with E-state index in [1.54, 1.807) is 18.2 Å². The summed E-state index contributed by atoms with van der Waals surface area (Å²) in [6.45, 7) is 5.74. The Bertz CT molecular complexity index is 1040. The molecule has 0 unspecified atom stereocenters. The van der Waals surface area contributed by atoms with Crippen molar-refractivity contribution in [2.75, 3.05) is 5.73 Å². The van der Waals surface area contributed by atoms with Crippen LogP contribution < -0.4 is 5.73 Å². The summed E-state index contributed by atoms with van der Waals surface area (Å²) in [6.07, 6.45) is 0. The molecular formula is C20H17ClN4O. The van der Waals surface area contributed by atoms with Gasteiger partial charge in [-0.2, -0.15) is 10.4 Å². The highest BCUT2D eigenvalue weighted by Gasteiger charge is 2.25. The number of anilines is 1. The van der Waals surface area contributed by atoms with Crippen molar-refractivity contribution in [3.63, 3.8) is 0 Å². The van der Waals surface area contributed by atoms with Crippen molar-refractivity contribution < 1.29 is 4.79 Å². The van der Waals surface area contributed by atoms with Crippen LogP contribution in [0, 0.1) is 32.1 Å². The van der Waals surface area contributed by atoms with E-state index in [0.29, 0.717) is 16.3 Å². The number of nitriles is 1. The van der Waals surface area contributed by atoms with Gasteiger partial charge in [0, 0.05) is 5.56 Å². The van der Waals surface area contributed by atoms with Gasteiger partial charge in [-0.1, -0.05) is 47.5 Å². The van der Waals surface area contributed by atoms with E-state index >= 15 is 0 Å². The van der Waals surface area contributed by atoms with Crippen LogP contribution in [-0.4, -0.2) is 15.6 Å². The summed E-state index contributed by atoms with van der Waals surface area (Å²) in [5.41, 5.74) is 10.1. The van der Waals surface area contributed by atoms with E-state index in [9.17, 15) is 10.1 Å². The summed E-state index contributed by atoms with van der Waals surface area (Å²) in [5.74, 6) is -0.260. The lowest BCUT2D eigenvalue weighted by atomic mass is 10.0. The highest BCUT2D eigenvalue weighted by Crippen LogP contribution is 2.30. The normalized spacial score (nSPS) is 10.6. The van der Waals surface area contributed by atoms with Crippen molar-refractivity contribution in [2.45, 2.75) is 20.8 Å². The minimum atomic E-state index is -0.354. The molecular weight excluding hydrogens is 348 g/mol. The molecule has 0 radical (unpaired) electrons. The number of nitrogens with two attached hydrogens (primary N) is 1. The lowest BCUT2D eigenvalue weighted by molar-refractivity contribution is 0.103. The van der Waals surface area contributed by atoms with E-state index in [1.165, 1.54) is 4.68 Å². The second-order valence-corrected chi connectivity index (χ2v) is 6.65. The van der Waals surface area contributed by atoms with Crippen LogP contribution in [0.3, 0.4) is 0 Å². The van der Waals surface area contributed by atoms with E-state index in [4.69, 9.17) is 17.3 Å². The molecule has 1 heterocycles. The predicted molar refractivity (Wildman–Crippen MR) is 102 cm³/mol. The number of aryl methyl sites for hydroxylation is 3. The zero-order valence-corrected chi connectivity index (χ0v) is 15.4. The Morgan fingerprint density at radius 2 is 1.81 bits per heavy atom. The molecule has 5 nitrogen and oxygen atoms in total. The zero-order chi connectivity index (χ0) is 19.0. The van der Waals surface area contributed by atoms with Crippen LogP contribution in [0.5, 0.6) is 0 Å². The minimum absolute atomic E-state index is 0.0184. The molecule has 0 saturated heterocycles. The van der Waals surface area contributed by atoms with Gasteiger partial charge in [-0.15, -0.1) is 0 Å². The fraction of sp³-hybridized carbons (Fsp3) is 0.150. The number of carbonyl (C=O) groups excluding carboxylic acids is 1. The minimum Gasteiger partial charge on any atom is -0.382 e. The van der Waals surface area contributed by atoms with Gasteiger partial charge < -0.3 is 5.73 Å². The van der Waals surface area contributed by atoms with Gasteiger partial charge in [0.25, 0.3) is 0 Å². The zero-order valence-electron chi connectivity index (χ0n) is 14.7. The quantitative estimate of drug-likeness (QED) is 0.708. The Balaban J connectivity index is 2.19. The van der Waals surface area contributed by atoms with Gasteiger partial charge in [-0.3, -0.25) is 4.79 Å². The molecule has 0 aliphatic rings. The number of nitrogen functional groups attached to an aromatic ring is 1. The molecule has 0 atom stereocenters. The first-order valence-electron chi connectivity index (χ1n) is 8.00. The van der Waals surface area contributed by atoms with Gasteiger partial charge in [0.2, 0.25) is 5.78 Å². The number of aromatic nitrogens is 2. The van der Waals surface area contributed by atoms with E-state index in [-0.39, 0.29) is 22.9 Å². The first-order chi connectivity index (χ1) is 12.3. The fourth-order valence-electron chi connectivity index (χ4n) is 2.89. The maximum absolute atomic E-state index is 12.8. The topological polar surface area (TPSA) is 84.7 Å².